The Morgan fingerprint density at radius 3 is 1.68 bits per heavy atom. The van der Waals surface area contributed by atoms with Crippen molar-refractivity contribution in [2.24, 2.45) is 0 Å². The molecule has 0 aromatic rings. The van der Waals surface area contributed by atoms with Gasteiger partial charge in [-0.25, -0.2) is 0 Å². The van der Waals surface area contributed by atoms with Crippen LogP contribution < -0.4 is 4.90 Å². The summed E-state index contributed by atoms with van der Waals surface area (Å²) in [6.07, 6.45) is 14.4. The van der Waals surface area contributed by atoms with E-state index in [0.717, 1.165) is 12.1 Å². The molecule has 0 spiro atoms. The zero-order valence-electron chi connectivity index (χ0n) is 13.5. The van der Waals surface area contributed by atoms with Crippen molar-refractivity contribution < 1.29 is 10.0 Å². The third-order valence-corrected chi connectivity index (χ3v) is 5.44. The molecule has 0 amide bonds. The fourth-order valence-electron chi connectivity index (χ4n) is 4.37. The van der Waals surface area contributed by atoms with Crippen molar-refractivity contribution in [1.29, 1.82) is 0 Å². The summed E-state index contributed by atoms with van der Waals surface area (Å²) in [4.78, 5) is 2.86. The average molecular weight is 301 g/mol. The van der Waals surface area contributed by atoms with E-state index in [2.05, 4.69) is 23.1 Å². The van der Waals surface area contributed by atoms with Crippen LogP contribution in [0.4, 0.5) is 5.69 Å². The maximum atomic E-state index is 7.12. The van der Waals surface area contributed by atoms with Crippen LogP contribution in [0.3, 0.4) is 0 Å². The topological polar surface area (TPSA) is 43.7 Å². The molecule has 0 aromatic heterocycles. The monoisotopic (exact) mass is 301 g/mol. The van der Waals surface area contributed by atoms with Crippen LogP contribution in [0.15, 0.2) is 18.2 Å². The highest BCUT2D eigenvalue weighted by atomic mass is 16.4. The molecule has 0 aliphatic heterocycles. The third kappa shape index (κ3) is 3.49. The van der Waals surface area contributed by atoms with Crippen LogP contribution in [0.2, 0.25) is 0 Å². The largest absolute Gasteiger partial charge is 0.432 e. The Hall–Kier alpha value is -0.995. The Balaban J connectivity index is 0.000000446. The molecular weight excluding hydrogens is 273 g/mol. The molecule has 4 aliphatic carbocycles. The number of benzene rings is 1. The fraction of sp³-hybridized carbons (Fsp3) is 0.667. The fourth-order valence-corrected chi connectivity index (χ4v) is 4.37. The molecule has 2 fully saturated rings. The molecule has 0 aromatic carbocycles. The van der Waals surface area contributed by atoms with Gasteiger partial charge in [0.1, 0.15) is 0 Å². The normalized spacial score (nSPS) is 20.8. The van der Waals surface area contributed by atoms with E-state index in [1.807, 2.05) is 0 Å². The van der Waals surface area contributed by atoms with Crippen molar-refractivity contribution in [3.8, 4) is 11.1 Å². The van der Waals surface area contributed by atoms with Crippen molar-refractivity contribution in [2.45, 2.75) is 76.3 Å². The van der Waals surface area contributed by atoms with Gasteiger partial charge in [0.15, 0.2) is 0 Å². The van der Waals surface area contributed by atoms with E-state index in [4.69, 9.17) is 10.0 Å². The van der Waals surface area contributed by atoms with Crippen molar-refractivity contribution in [3.63, 3.8) is 0 Å². The first kappa shape index (κ1) is 15.9. The van der Waals surface area contributed by atoms with Crippen molar-refractivity contribution >= 4 is 13.4 Å². The van der Waals surface area contributed by atoms with Gasteiger partial charge in [0.05, 0.1) is 0 Å². The second kappa shape index (κ2) is 7.52. The van der Waals surface area contributed by atoms with E-state index in [9.17, 15) is 0 Å². The maximum Gasteiger partial charge on any atom is 0.432 e. The van der Waals surface area contributed by atoms with Crippen LogP contribution in [0.5, 0.6) is 0 Å². The molecule has 22 heavy (non-hydrogen) atoms. The molecule has 0 saturated heterocycles. The van der Waals surface area contributed by atoms with Gasteiger partial charge >= 0.3 is 7.69 Å². The van der Waals surface area contributed by atoms with Gasteiger partial charge in [-0.05, 0) is 43.4 Å². The zero-order valence-corrected chi connectivity index (χ0v) is 13.5. The molecule has 3 nitrogen and oxygen atoms in total. The van der Waals surface area contributed by atoms with Gasteiger partial charge in [-0.1, -0.05) is 44.6 Å². The molecule has 120 valence electrons. The van der Waals surface area contributed by atoms with Gasteiger partial charge in [0.2, 0.25) is 0 Å². The standard InChI is InChI=1S/C18H25N.BH3O2/c1-3-7-15(8-4-1)19(16-9-5-2-6-10-16)18-12-11-14-13-17(14)18;2-1-3/h11-13,15-16H,1-10H2;1-3H. The number of rotatable bonds is 3. The van der Waals surface area contributed by atoms with Crippen LogP contribution in [0.1, 0.15) is 64.2 Å². The summed E-state index contributed by atoms with van der Waals surface area (Å²) in [6, 6.07) is 8.75. The Morgan fingerprint density at radius 2 is 1.32 bits per heavy atom. The van der Waals surface area contributed by atoms with E-state index >= 15 is 0 Å². The average Bonchev–Trinajstić information content (AvgIpc) is 3.24. The highest BCUT2D eigenvalue weighted by molar-refractivity contribution is 6.13. The zero-order chi connectivity index (χ0) is 15.4. The minimum absolute atomic E-state index is 0.750. The van der Waals surface area contributed by atoms with Gasteiger partial charge in [-0.3, -0.25) is 0 Å². The summed E-state index contributed by atoms with van der Waals surface area (Å²) in [6.45, 7) is 0. The molecule has 0 unspecified atom stereocenters. The first-order valence-corrected chi connectivity index (χ1v) is 8.99. The number of hydrogen-bond acceptors (Lipinski definition) is 3. The lowest BCUT2D eigenvalue weighted by molar-refractivity contribution is 0.340. The van der Waals surface area contributed by atoms with E-state index in [1.54, 1.807) is 11.3 Å². The molecule has 4 rings (SSSR count). The number of anilines is 1. The molecule has 2 saturated carbocycles. The predicted molar refractivity (Wildman–Crippen MR) is 93.2 cm³/mol. The summed E-state index contributed by atoms with van der Waals surface area (Å²) < 4.78 is 0. The van der Waals surface area contributed by atoms with Crippen LogP contribution in [0.25, 0.3) is 11.1 Å². The second-order valence-electron chi connectivity index (χ2n) is 6.86. The predicted octanol–water partition coefficient (Wildman–Crippen LogP) is 3.38. The number of fused-ring (bicyclic) bond motifs is 1. The summed E-state index contributed by atoms with van der Waals surface area (Å²) in [5.41, 5.74) is 4.65. The van der Waals surface area contributed by atoms with Gasteiger partial charge in [0, 0.05) is 23.3 Å². The first-order chi connectivity index (χ1) is 10.8. The highest BCUT2D eigenvalue weighted by Gasteiger charge is 2.32. The van der Waals surface area contributed by atoms with E-state index in [0.29, 0.717) is 0 Å². The minimum Gasteiger partial charge on any atom is -0.430 e. The lowest BCUT2D eigenvalue weighted by Crippen LogP contribution is -2.45. The summed E-state index contributed by atoms with van der Waals surface area (Å²) in [7, 11) is -0.750. The SMILES string of the molecule is OBO.c1cc(N(C2CCCCC2)C2CCCCC2)c2cc1-2. The minimum atomic E-state index is -0.750. The molecule has 2 N–H and O–H groups in total. The van der Waals surface area contributed by atoms with Crippen LogP contribution in [-0.4, -0.2) is 29.8 Å². The van der Waals surface area contributed by atoms with Crippen molar-refractivity contribution in [3.05, 3.63) is 18.2 Å². The van der Waals surface area contributed by atoms with Crippen LogP contribution in [-0.2, 0) is 0 Å². The number of nitrogens with zero attached hydrogens (tertiary/aromatic N) is 1. The lowest BCUT2D eigenvalue weighted by Gasteiger charge is -2.43. The smallest absolute Gasteiger partial charge is 0.430 e. The Labute approximate surface area is 134 Å². The first-order valence-electron chi connectivity index (χ1n) is 8.99. The number of hydrogen-bond donors (Lipinski definition) is 2. The summed E-state index contributed by atoms with van der Waals surface area (Å²) in [5.74, 6) is 0. The molecule has 0 bridgehead atoms. The second-order valence-corrected chi connectivity index (χ2v) is 6.86. The van der Waals surface area contributed by atoms with Gasteiger partial charge in [-0.15, -0.1) is 0 Å². The van der Waals surface area contributed by atoms with Crippen molar-refractivity contribution in [2.75, 3.05) is 4.90 Å². The molecule has 0 atom stereocenters. The Morgan fingerprint density at radius 1 is 0.818 bits per heavy atom. The van der Waals surface area contributed by atoms with Gasteiger partial charge < -0.3 is 14.9 Å². The highest BCUT2D eigenvalue weighted by Crippen LogP contribution is 2.47. The van der Waals surface area contributed by atoms with Gasteiger partial charge in [-0.2, -0.15) is 0 Å². The molecular formula is C18H28BNO2. The summed E-state index contributed by atoms with van der Waals surface area (Å²) in [5, 5.41) is 14.2. The Bertz CT molecular complexity index is 464. The third-order valence-electron chi connectivity index (χ3n) is 5.44. The van der Waals surface area contributed by atoms with Crippen LogP contribution in [0, 0.1) is 0 Å². The molecule has 0 radical (unpaired) electrons. The van der Waals surface area contributed by atoms with Crippen LogP contribution >= 0.6 is 0 Å². The van der Waals surface area contributed by atoms with E-state index in [1.165, 1.54) is 69.8 Å². The molecule has 0 heterocycles. The van der Waals surface area contributed by atoms with E-state index < -0.39 is 7.69 Å². The van der Waals surface area contributed by atoms with Crippen molar-refractivity contribution in [1.82, 2.24) is 0 Å². The maximum absolute atomic E-state index is 7.12. The molecule has 4 heteroatoms. The van der Waals surface area contributed by atoms with Gasteiger partial charge in [0.25, 0.3) is 0 Å². The molecule has 4 aliphatic rings. The quantitative estimate of drug-likeness (QED) is 0.854. The Kier molecular flexibility index (Phi) is 5.43. The lowest BCUT2D eigenvalue weighted by atomic mass is 9.88. The van der Waals surface area contributed by atoms with E-state index in [-0.39, 0.29) is 0 Å². The summed E-state index contributed by atoms with van der Waals surface area (Å²) >= 11 is 0.